The lowest BCUT2D eigenvalue weighted by Gasteiger charge is -2.14. The summed E-state index contributed by atoms with van der Waals surface area (Å²) < 4.78 is 17.1. The molecule has 1 atom stereocenters. The zero-order valence-corrected chi connectivity index (χ0v) is 22.8. The van der Waals surface area contributed by atoms with Crippen LogP contribution in [-0.2, 0) is 24.8 Å². The molecule has 0 N–H and O–H groups in total. The zero-order chi connectivity index (χ0) is 27.1. The number of imidazole rings is 1. The molecule has 0 spiro atoms. The van der Waals surface area contributed by atoms with E-state index < -0.39 is 5.97 Å². The van der Waals surface area contributed by atoms with E-state index in [9.17, 15) is 4.79 Å². The number of rotatable bonds is 4. The van der Waals surface area contributed by atoms with Crippen molar-refractivity contribution in [2.75, 3.05) is 13.7 Å². The molecule has 1 aliphatic heterocycles. The van der Waals surface area contributed by atoms with Crippen LogP contribution < -0.4 is 4.74 Å². The molecular formula is C29H33N7O3. The van der Waals surface area contributed by atoms with Gasteiger partial charge < -0.3 is 18.6 Å². The van der Waals surface area contributed by atoms with E-state index in [0.29, 0.717) is 23.4 Å². The van der Waals surface area contributed by atoms with Crippen LogP contribution in [0.4, 0.5) is 0 Å². The van der Waals surface area contributed by atoms with Crippen molar-refractivity contribution in [2.45, 2.75) is 58.5 Å². The Hall–Kier alpha value is -4.21. The van der Waals surface area contributed by atoms with E-state index in [1.54, 1.807) is 26.2 Å². The van der Waals surface area contributed by atoms with E-state index in [1.807, 2.05) is 22.5 Å². The number of benzene rings is 1. The SMILES string of the molecule is CCOC(=O)c1cc(OC)c2c(c1)nc(-c1cc3ccc4nc3n1CCCCCCc1cn(nn1)C4C)n2C. The Morgan fingerprint density at radius 2 is 1.95 bits per heavy atom. The van der Waals surface area contributed by atoms with Crippen LogP contribution in [0.15, 0.2) is 36.5 Å². The van der Waals surface area contributed by atoms with Crippen molar-refractivity contribution in [3.8, 4) is 17.3 Å². The summed E-state index contributed by atoms with van der Waals surface area (Å²) in [4.78, 5) is 22.6. The van der Waals surface area contributed by atoms with Crippen LogP contribution in [-0.4, -0.2) is 53.8 Å². The second-order valence-electron chi connectivity index (χ2n) is 10.1. The molecule has 0 radical (unpaired) electrons. The lowest BCUT2D eigenvalue weighted by Crippen LogP contribution is -2.11. The monoisotopic (exact) mass is 527 g/mol. The standard InChI is InChI=1S/C29H33N7O3/c1-5-39-29(37)20-14-23-26(25(16-20)38-4)34(3)28(31-23)24-15-19-11-12-22-18(2)36-17-21(32-33-36)10-8-6-7-9-13-35(24)27(19)30-22/h11-12,14-18H,5-10,13H2,1-4H3. The number of ether oxygens (including phenoxy) is 2. The lowest BCUT2D eigenvalue weighted by atomic mass is 10.1. The molecule has 0 amide bonds. The maximum atomic E-state index is 12.5. The van der Waals surface area contributed by atoms with Crippen molar-refractivity contribution in [2.24, 2.45) is 7.05 Å². The Morgan fingerprint density at radius 1 is 1.10 bits per heavy atom. The van der Waals surface area contributed by atoms with Gasteiger partial charge in [0.25, 0.3) is 0 Å². The van der Waals surface area contributed by atoms with E-state index in [0.717, 1.165) is 78.1 Å². The molecule has 1 unspecified atom stereocenters. The van der Waals surface area contributed by atoms with Gasteiger partial charge in [-0.3, -0.25) is 0 Å². The number of methoxy groups -OCH3 is 1. The first-order chi connectivity index (χ1) is 19.0. The average Bonchev–Trinajstić information content (AvgIpc) is 3.65. The molecule has 0 saturated heterocycles. The predicted molar refractivity (Wildman–Crippen MR) is 148 cm³/mol. The molecular weight excluding hydrogens is 494 g/mol. The Balaban J connectivity index is 1.51. The second kappa shape index (κ2) is 10.2. The maximum absolute atomic E-state index is 12.5. The summed E-state index contributed by atoms with van der Waals surface area (Å²) in [6, 6.07) is 9.80. The molecule has 0 aliphatic carbocycles. The quantitative estimate of drug-likeness (QED) is 0.300. The van der Waals surface area contributed by atoms with Gasteiger partial charge in [-0.05, 0) is 63.4 Å². The number of fused-ring (bicyclic) bond motifs is 4. The largest absolute Gasteiger partial charge is 0.494 e. The minimum atomic E-state index is -0.391. The molecule has 5 heterocycles. The molecule has 0 fully saturated rings. The molecule has 4 aromatic heterocycles. The summed E-state index contributed by atoms with van der Waals surface area (Å²) >= 11 is 0. The van der Waals surface area contributed by atoms with Gasteiger partial charge >= 0.3 is 5.97 Å². The highest BCUT2D eigenvalue weighted by Crippen LogP contribution is 2.35. The highest BCUT2D eigenvalue weighted by molar-refractivity contribution is 5.97. The molecule has 4 bridgehead atoms. The predicted octanol–water partition coefficient (Wildman–Crippen LogP) is 5.09. The fourth-order valence-electron chi connectivity index (χ4n) is 5.50. The highest BCUT2D eigenvalue weighted by Gasteiger charge is 2.23. The van der Waals surface area contributed by atoms with Gasteiger partial charge in [-0.15, -0.1) is 5.10 Å². The van der Waals surface area contributed by atoms with Gasteiger partial charge in [0, 0.05) is 25.2 Å². The van der Waals surface area contributed by atoms with E-state index in [1.165, 1.54) is 0 Å². The van der Waals surface area contributed by atoms with Crippen LogP contribution in [0.3, 0.4) is 0 Å². The summed E-state index contributed by atoms with van der Waals surface area (Å²) in [6.45, 7) is 5.03. The van der Waals surface area contributed by atoms with E-state index in [2.05, 4.69) is 40.0 Å². The van der Waals surface area contributed by atoms with Crippen LogP contribution in [0.25, 0.3) is 33.6 Å². The second-order valence-corrected chi connectivity index (χ2v) is 10.1. The summed E-state index contributed by atoms with van der Waals surface area (Å²) in [5.41, 5.74) is 5.81. The minimum Gasteiger partial charge on any atom is -0.494 e. The molecule has 0 saturated carbocycles. The van der Waals surface area contributed by atoms with Crippen molar-refractivity contribution in [3.63, 3.8) is 0 Å². The summed E-state index contributed by atoms with van der Waals surface area (Å²) in [5, 5.41) is 9.82. The van der Waals surface area contributed by atoms with E-state index in [4.69, 9.17) is 19.4 Å². The van der Waals surface area contributed by atoms with Crippen LogP contribution in [0, 0.1) is 0 Å². The highest BCUT2D eigenvalue weighted by atomic mass is 16.5. The topological polar surface area (TPSA) is 102 Å². The van der Waals surface area contributed by atoms with Crippen LogP contribution in [0.2, 0.25) is 0 Å². The fourth-order valence-corrected chi connectivity index (χ4v) is 5.50. The average molecular weight is 528 g/mol. The molecule has 1 aromatic carbocycles. The third kappa shape index (κ3) is 4.43. The van der Waals surface area contributed by atoms with Crippen molar-refractivity contribution in [1.29, 1.82) is 0 Å². The van der Waals surface area contributed by atoms with Crippen LogP contribution in [0.1, 0.15) is 67.3 Å². The smallest absolute Gasteiger partial charge is 0.338 e. The third-order valence-corrected chi connectivity index (χ3v) is 7.61. The van der Waals surface area contributed by atoms with Gasteiger partial charge in [-0.25, -0.2) is 19.4 Å². The van der Waals surface area contributed by atoms with Crippen molar-refractivity contribution >= 4 is 28.0 Å². The van der Waals surface area contributed by atoms with Gasteiger partial charge in [-0.1, -0.05) is 18.1 Å². The van der Waals surface area contributed by atoms with Crippen LogP contribution in [0.5, 0.6) is 5.75 Å². The van der Waals surface area contributed by atoms with E-state index in [-0.39, 0.29) is 6.04 Å². The molecule has 10 nitrogen and oxygen atoms in total. The number of esters is 1. The summed E-state index contributed by atoms with van der Waals surface area (Å²) in [6.07, 6.45) is 7.36. The number of carbonyl (C=O) groups is 1. The number of hydrogen-bond acceptors (Lipinski definition) is 7. The van der Waals surface area contributed by atoms with Gasteiger partial charge in [0.1, 0.15) is 16.9 Å². The molecule has 1 aliphatic rings. The van der Waals surface area contributed by atoms with Crippen molar-refractivity contribution in [3.05, 3.63) is 53.5 Å². The number of aryl methyl sites for hydroxylation is 3. The molecule has 202 valence electrons. The fraction of sp³-hybridized carbons (Fsp3) is 0.414. The minimum absolute atomic E-state index is 0.0355. The Bertz CT molecular complexity index is 1680. The van der Waals surface area contributed by atoms with E-state index >= 15 is 0 Å². The Morgan fingerprint density at radius 3 is 2.77 bits per heavy atom. The van der Waals surface area contributed by atoms with Crippen LogP contribution >= 0.6 is 0 Å². The molecule has 39 heavy (non-hydrogen) atoms. The first-order valence-electron chi connectivity index (χ1n) is 13.6. The van der Waals surface area contributed by atoms with Crippen molar-refractivity contribution < 1.29 is 14.3 Å². The first-order valence-corrected chi connectivity index (χ1v) is 13.6. The normalized spacial score (nSPS) is 16.1. The lowest BCUT2D eigenvalue weighted by molar-refractivity contribution is 0.0526. The van der Waals surface area contributed by atoms with Gasteiger partial charge in [0.05, 0.1) is 47.9 Å². The van der Waals surface area contributed by atoms with Gasteiger partial charge in [-0.2, -0.15) is 0 Å². The number of pyridine rings is 1. The molecule has 5 aromatic rings. The zero-order valence-electron chi connectivity index (χ0n) is 22.8. The number of aromatic nitrogens is 7. The molecule has 10 heteroatoms. The summed E-state index contributed by atoms with van der Waals surface area (Å²) in [7, 11) is 3.58. The third-order valence-electron chi connectivity index (χ3n) is 7.61. The van der Waals surface area contributed by atoms with Gasteiger partial charge in [0.15, 0.2) is 5.82 Å². The first kappa shape index (κ1) is 25.1. The van der Waals surface area contributed by atoms with Crippen molar-refractivity contribution in [1.82, 2.24) is 34.1 Å². The molecule has 6 rings (SSSR count). The maximum Gasteiger partial charge on any atom is 0.338 e. The Kier molecular flexibility index (Phi) is 6.54. The Labute approximate surface area is 226 Å². The summed E-state index contributed by atoms with van der Waals surface area (Å²) in [5.74, 6) is 0.979. The van der Waals surface area contributed by atoms with Gasteiger partial charge in [0.2, 0.25) is 0 Å². The number of nitrogens with zero attached hydrogens (tertiary/aromatic N) is 7. The number of hydrogen-bond donors (Lipinski definition) is 0. The number of carbonyl (C=O) groups excluding carboxylic acids is 1.